The number of morpholine rings is 1. The summed E-state index contributed by atoms with van der Waals surface area (Å²) >= 11 is 0. The van der Waals surface area contributed by atoms with Crippen molar-refractivity contribution < 1.29 is 14.3 Å². The van der Waals surface area contributed by atoms with Gasteiger partial charge in [-0.2, -0.15) is 0 Å². The quantitative estimate of drug-likeness (QED) is 0.795. The predicted molar refractivity (Wildman–Crippen MR) is 78.6 cm³/mol. The third kappa shape index (κ3) is 3.20. The fourth-order valence-corrected chi connectivity index (χ4v) is 2.49. The molecule has 1 heterocycles. The summed E-state index contributed by atoms with van der Waals surface area (Å²) in [5, 5.41) is 0. The molecule has 1 fully saturated rings. The molecule has 2 rings (SSSR count). The molecule has 1 aliphatic heterocycles. The van der Waals surface area contributed by atoms with Gasteiger partial charge < -0.3 is 14.4 Å². The topological polar surface area (TPSA) is 38.8 Å². The lowest BCUT2D eigenvalue weighted by Crippen LogP contribution is -2.51. The van der Waals surface area contributed by atoms with Crippen LogP contribution >= 0.6 is 0 Å². The van der Waals surface area contributed by atoms with Gasteiger partial charge in [0.2, 0.25) is 5.91 Å². The molecule has 1 amide bonds. The zero-order chi connectivity index (χ0) is 14.5. The molecule has 2 atom stereocenters. The number of para-hydroxylation sites is 1. The Hall–Kier alpha value is -1.81. The van der Waals surface area contributed by atoms with Gasteiger partial charge in [-0.05, 0) is 26.0 Å². The average molecular weight is 275 g/mol. The van der Waals surface area contributed by atoms with E-state index in [0.29, 0.717) is 13.2 Å². The molecular weight excluding hydrogens is 254 g/mol. The first kappa shape index (κ1) is 14.6. The van der Waals surface area contributed by atoms with Gasteiger partial charge >= 0.3 is 0 Å². The number of carbonyl (C=O) groups is 1. The average Bonchev–Trinajstić information content (AvgIpc) is 2.45. The van der Waals surface area contributed by atoms with E-state index < -0.39 is 0 Å². The van der Waals surface area contributed by atoms with E-state index in [2.05, 4.69) is 0 Å². The van der Waals surface area contributed by atoms with Crippen LogP contribution in [0.2, 0.25) is 0 Å². The fourth-order valence-electron chi connectivity index (χ4n) is 2.49. The van der Waals surface area contributed by atoms with Crippen molar-refractivity contribution in [2.75, 3.05) is 20.3 Å². The van der Waals surface area contributed by atoms with E-state index in [0.717, 1.165) is 11.3 Å². The van der Waals surface area contributed by atoms with E-state index in [4.69, 9.17) is 9.47 Å². The maximum atomic E-state index is 12.3. The van der Waals surface area contributed by atoms with Crippen LogP contribution in [0.4, 0.5) is 0 Å². The minimum absolute atomic E-state index is 0.0132. The Labute approximate surface area is 120 Å². The normalized spacial score (nSPS) is 23.1. The minimum atomic E-state index is 0.0132. The lowest BCUT2D eigenvalue weighted by molar-refractivity contribution is -0.138. The highest BCUT2D eigenvalue weighted by Crippen LogP contribution is 2.19. The van der Waals surface area contributed by atoms with Gasteiger partial charge in [0.1, 0.15) is 5.75 Å². The molecule has 1 aromatic rings. The first-order valence-corrected chi connectivity index (χ1v) is 6.84. The van der Waals surface area contributed by atoms with Crippen LogP contribution in [0.1, 0.15) is 19.4 Å². The van der Waals surface area contributed by atoms with Gasteiger partial charge in [0, 0.05) is 11.6 Å². The van der Waals surface area contributed by atoms with E-state index in [1.54, 1.807) is 19.3 Å². The maximum absolute atomic E-state index is 12.3. The highest BCUT2D eigenvalue weighted by atomic mass is 16.5. The van der Waals surface area contributed by atoms with Gasteiger partial charge in [-0.25, -0.2) is 0 Å². The molecule has 0 aromatic heterocycles. The lowest BCUT2D eigenvalue weighted by Gasteiger charge is -2.38. The van der Waals surface area contributed by atoms with Crippen molar-refractivity contribution in [3.05, 3.63) is 35.9 Å². The molecule has 0 N–H and O–H groups in total. The fraction of sp³-hybridized carbons (Fsp3) is 0.438. The summed E-state index contributed by atoms with van der Waals surface area (Å²) in [5.41, 5.74) is 0.900. The molecule has 0 aliphatic carbocycles. The van der Waals surface area contributed by atoms with Crippen molar-refractivity contribution in [2.24, 2.45) is 0 Å². The van der Waals surface area contributed by atoms with Crippen molar-refractivity contribution in [1.82, 2.24) is 4.90 Å². The second kappa shape index (κ2) is 6.57. The zero-order valence-electron chi connectivity index (χ0n) is 12.2. The predicted octanol–water partition coefficient (Wildman–Crippen LogP) is 2.34. The van der Waals surface area contributed by atoms with Crippen molar-refractivity contribution >= 4 is 12.0 Å². The van der Waals surface area contributed by atoms with Crippen molar-refractivity contribution in [3.63, 3.8) is 0 Å². The Kier molecular flexibility index (Phi) is 4.79. The van der Waals surface area contributed by atoms with Crippen molar-refractivity contribution in [1.29, 1.82) is 0 Å². The van der Waals surface area contributed by atoms with E-state index in [1.807, 2.05) is 43.0 Å². The second-order valence-corrected chi connectivity index (χ2v) is 5.06. The molecule has 0 saturated carbocycles. The second-order valence-electron chi connectivity index (χ2n) is 5.06. The smallest absolute Gasteiger partial charge is 0.247 e. The maximum Gasteiger partial charge on any atom is 0.247 e. The SMILES string of the molecule is COc1ccccc1/C=C/C(=O)N1C(C)COCC1C. The third-order valence-corrected chi connectivity index (χ3v) is 3.47. The van der Waals surface area contributed by atoms with E-state index in [1.165, 1.54) is 0 Å². The standard InChI is InChI=1S/C16H21NO3/c1-12-10-20-11-13(2)17(12)16(18)9-8-14-6-4-5-7-15(14)19-3/h4-9,12-13H,10-11H2,1-3H3/b9-8+. The number of amides is 1. The third-order valence-electron chi connectivity index (χ3n) is 3.47. The Morgan fingerprint density at radius 2 is 1.95 bits per heavy atom. The first-order valence-electron chi connectivity index (χ1n) is 6.84. The summed E-state index contributed by atoms with van der Waals surface area (Å²) in [6.45, 7) is 5.20. The van der Waals surface area contributed by atoms with Crippen LogP contribution in [-0.4, -0.2) is 43.2 Å². The van der Waals surface area contributed by atoms with Crippen molar-refractivity contribution in [2.45, 2.75) is 25.9 Å². The molecule has 4 nitrogen and oxygen atoms in total. The molecule has 2 unspecified atom stereocenters. The van der Waals surface area contributed by atoms with Crippen LogP contribution < -0.4 is 4.74 Å². The van der Waals surface area contributed by atoms with Gasteiger partial charge in [0.25, 0.3) is 0 Å². The van der Waals surface area contributed by atoms with Gasteiger partial charge in [-0.3, -0.25) is 4.79 Å². The van der Waals surface area contributed by atoms with Crippen LogP contribution in [0, 0.1) is 0 Å². The number of methoxy groups -OCH3 is 1. The van der Waals surface area contributed by atoms with Gasteiger partial charge in [-0.1, -0.05) is 18.2 Å². The number of carbonyl (C=O) groups excluding carboxylic acids is 1. The highest BCUT2D eigenvalue weighted by molar-refractivity contribution is 5.92. The van der Waals surface area contributed by atoms with E-state index >= 15 is 0 Å². The number of hydrogen-bond acceptors (Lipinski definition) is 3. The molecule has 0 spiro atoms. The number of nitrogens with zero attached hydrogens (tertiary/aromatic N) is 1. The number of hydrogen-bond donors (Lipinski definition) is 0. The Morgan fingerprint density at radius 1 is 1.30 bits per heavy atom. The minimum Gasteiger partial charge on any atom is -0.496 e. The van der Waals surface area contributed by atoms with Crippen LogP contribution in [-0.2, 0) is 9.53 Å². The summed E-state index contributed by atoms with van der Waals surface area (Å²) < 4.78 is 10.7. The molecule has 1 aliphatic rings. The summed E-state index contributed by atoms with van der Waals surface area (Å²) in [6, 6.07) is 7.84. The summed E-state index contributed by atoms with van der Waals surface area (Å²) in [6.07, 6.45) is 3.41. The number of ether oxygens (including phenoxy) is 2. The van der Waals surface area contributed by atoms with Gasteiger partial charge in [0.05, 0.1) is 32.4 Å². The van der Waals surface area contributed by atoms with Crippen LogP contribution in [0.15, 0.2) is 30.3 Å². The Bertz CT molecular complexity index is 488. The lowest BCUT2D eigenvalue weighted by atomic mass is 10.1. The summed E-state index contributed by atoms with van der Waals surface area (Å²) in [5.74, 6) is 0.777. The molecule has 1 saturated heterocycles. The van der Waals surface area contributed by atoms with Crippen molar-refractivity contribution in [3.8, 4) is 5.75 Å². The molecular formula is C16H21NO3. The van der Waals surface area contributed by atoms with E-state index in [9.17, 15) is 4.79 Å². The van der Waals surface area contributed by atoms with Gasteiger partial charge in [0.15, 0.2) is 0 Å². The zero-order valence-corrected chi connectivity index (χ0v) is 12.2. The molecule has 4 heteroatoms. The number of benzene rings is 1. The van der Waals surface area contributed by atoms with Crippen LogP contribution in [0.5, 0.6) is 5.75 Å². The summed E-state index contributed by atoms with van der Waals surface area (Å²) in [7, 11) is 1.63. The van der Waals surface area contributed by atoms with Crippen LogP contribution in [0.3, 0.4) is 0 Å². The number of rotatable bonds is 3. The largest absolute Gasteiger partial charge is 0.496 e. The van der Waals surface area contributed by atoms with Crippen LogP contribution in [0.25, 0.3) is 6.08 Å². The molecule has 108 valence electrons. The summed E-state index contributed by atoms with van der Waals surface area (Å²) in [4.78, 5) is 14.2. The molecule has 0 bridgehead atoms. The van der Waals surface area contributed by atoms with Gasteiger partial charge in [-0.15, -0.1) is 0 Å². The molecule has 1 aromatic carbocycles. The highest BCUT2D eigenvalue weighted by Gasteiger charge is 2.28. The first-order chi connectivity index (χ1) is 9.63. The Balaban J connectivity index is 2.12. The Morgan fingerprint density at radius 3 is 2.60 bits per heavy atom. The molecule has 0 radical (unpaired) electrons. The monoisotopic (exact) mass is 275 g/mol. The van der Waals surface area contributed by atoms with E-state index in [-0.39, 0.29) is 18.0 Å². The molecule has 20 heavy (non-hydrogen) atoms.